The van der Waals surface area contributed by atoms with E-state index >= 15 is 0 Å². The normalized spacial score (nSPS) is 14.9. The van der Waals surface area contributed by atoms with Crippen molar-refractivity contribution in [2.45, 2.75) is 0 Å². The Morgan fingerprint density at radius 3 is 2.48 bits per heavy atom. The van der Waals surface area contributed by atoms with Crippen LogP contribution in [0.4, 0.5) is 17.3 Å². The molecule has 8 heteroatoms. The first-order valence-corrected chi connectivity index (χ1v) is 7.40. The van der Waals surface area contributed by atoms with Gasteiger partial charge in [0.25, 0.3) is 0 Å². The summed E-state index contributed by atoms with van der Waals surface area (Å²) in [5, 5.41) is 11.1. The van der Waals surface area contributed by atoms with Gasteiger partial charge in [-0.15, -0.1) is 0 Å². The Bertz CT molecular complexity index is 707. The van der Waals surface area contributed by atoms with Gasteiger partial charge in [0.1, 0.15) is 5.75 Å². The third kappa shape index (κ3) is 2.79. The van der Waals surface area contributed by atoms with Crippen molar-refractivity contribution < 1.29 is 9.66 Å². The van der Waals surface area contributed by atoms with Crippen LogP contribution in [0.2, 0.25) is 0 Å². The molecular formula is C15H19N5O3. The Morgan fingerprint density at radius 1 is 1.17 bits per heavy atom. The molecule has 2 aromatic rings. The van der Waals surface area contributed by atoms with Gasteiger partial charge in [0.2, 0.25) is 12.1 Å². The average Bonchev–Trinajstić information content (AvgIpc) is 2.97. The highest BCUT2D eigenvalue weighted by molar-refractivity contribution is 5.61. The van der Waals surface area contributed by atoms with E-state index in [1.807, 2.05) is 29.2 Å². The highest BCUT2D eigenvalue weighted by Gasteiger charge is 2.28. The number of ether oxygens (including phenoxy) is 1. The van der Waals surface area contributed by atoms with Gasteiger partial charge in [-0.1, -0.05) is 12.1 Å². The lowest BCUT2D eigenvalue weighted by molar-refractivity contribution is -0.388. The first-order valence-electron chi connectivity index (χ1n) is 7.40. The smallest absolute Gasteiger partial charge is 0.406 e. The molecule has 1 fully saturated rings. The third-order valence-corrected chi connectivity index (χ3v) is 4.07. The molecule has 0 amide bonds. The topological polar surface area (TPSA) is 76.7 Å². The van der Waals surface area contributed by atoms with Gasteiger partial charge in [-0.2, -0.15) is 0 Å². The number of benzene rings is 1. The van der Waals surface area contributed by atoms with Gasteiger partial charge in [-0.25, -0.2) is 0 Å². The van der Waals surface area contributed by atoms with E-state index in [-0.39, 0.29) is 5.82 Å². The van der Waals surface area contributed by atoms with Crippen LogP contribution < -0.4 is 14.5 Å². The molecule has 0 atom stereocenters. The molecule has 23 heavy (non-hydrogen) atoms. The maximum Gasteiger partial charge on any atom is 0.406 e. The summed E-state index contributed by atoms with van der Waals surface area (Å²) in [5.74, 6) is 1.32. The summed E-state index contributed by atoms with van der Waals surface area (Å²) in [6.45, 7) is 2.92. The fourth-order valence-electron chi connectivity index (χ4n) is 2.95. The molecule has 0 unspecified atom stereocenters. The first kappa shape index (κ1) is 15.1. The van der Waals surface area contributed by atoms with Crippen LogP contribution in [0.3, 0.4) is 0 Å². The molecule has 0 aliphatic carbocycles. The van der Waals surface area contributed by atoms with Crippen LogP contribution in [0.5, 0.6) is 5.75 Å². The van der Waals surface area contributed by atoms with Gasteiger partial charge in [-0.3, -0.25) is 4.57 Å². The van der Waals surface area contributed by atoms with E-state index in [4.69, 9.17) is 4.74 Å². The van der Waals surface area contributed by atoms with Crippen molar-refractivity contribution in [3.63, 3.8) is 0 Å². The summed E-state index contributed by atoms with van der Waals surface area (Å²) < 4.78 is 7.11. The SMILES string of the molecule is COc1ccccc1N1CCN(c2c([N+](=O)[O-])ncn2C)CC1. The van der Waals surface area contributed by atoms with E-state index in [0.29, 0.717) is 18.9 Å². The summed E-state index contributed by atoms with van der Waals surface area (Å²) in [5.41, 5.74) is 1.05. The fourth-order valence-corrected chi connectivity index (χ4v) is 2.95. The zero-order valence-electron chi connectivity index (χ0n) is 13.2. The molecule has 0 N–H and O–H groups in total. The molecule has 122 valence electrons. The molecule has 1 saturated heterocycles. The Labute approximate surface area is 134 Å². The van der Waals surface area contributed by atoms with E-state index in [1.165, 1.54) is 6.33 Å². The number of para-hydroxylation sites is 2. The van der Waals surface area contributed by atoms with E-state index in [9.17, 15) is 10.1 Å². The van der Waals surface area contributed by atoms with E-state index in [2.05, 4.69) is 9.88 Å². The van der Waals surface area contributed by atoms with Gasteiger partial charge in [-0.05, 0) is 22.0 Å². The highest BCUT2D eigenvalue weighted by Crippen LogP contribution is 2.31. The van der Waals surface area contributed by atoms with E-state index in [1.54, 1.807) is 18.7 Å². The molecule has 1 aliphatic heterocycles. The van der Waals surface area contributed by atoms with Gasteiger partial charge in [0, 0.05) is 33.2 Å². The zero-order valence-corrected chi connectivity index (χ0v) is 13.2. The molecule has 3 rings (SSSR count). The van der Waals surface area contributed by atoms with Crippen LogP contribution in [0.15, 0.2) is 30.6 Å². The van der Waals surface area contributed by atoms with Crippen LogP contribution in [-0.4, -0.2) is 47.8 Å². The Morgan fingerprint density at radius 2 is 1.83 bits per heavy atom. The third-order valence-electron chi connectivity index (χ3n) is 4.07. The summed E-state index contributed by atoms with van der Waals surface area (Å²) in [6, 6.07) is 7.89. The lowest BCUT2D eigenvalue weighted by atomic mass is 10.2. The number of imidazole rings is 1. The van der Waals surface area contributed by atoms with Crippen molar-refractivity contribution in [1.29, 1.82) is 0 Å². The number of methoxy groups -OCH3 is 1. The zero-order chi connectivity index (χ0) is 16.4. The second kappa shape index (κ2) is 6.15. The lowest BCUT2D eigenvalue weighted by Gasteiger charge is -2.37. The molecule has 0 radical (unpaired) electrons. The molecule has 1 aliphatic rings. The van der Waals surface area contributed by atoms with Crippen molar-refractivity contribution in [2.24, 2.45) is 7.05 Å². The number of nitro groups is 1. The minimum atomic E-state index is -0.429. The maximum atomic E-state index is 11.1. The van der Waals surface area contributed by atoms with Crippen LogP contribution in [0.25, 0.3) is 0 Å². The van der Waals surface area contributed by atoms with Gasteiger partial charge >= 0.3 is 5.82 Å². The van der Waals surface area contributed by atoms with E-state index < -0.39 is 4.92 Å². The number of rotatable bonds is 4. The van der Waals surface area contributed by atoms with Gasteiger partial charge in [0.05, 0.1) is 12.8 Å². The van der Waals surface area contributed by atoms with Crippen molar-refractivity contribution in [1.82, 2.24) is 9.55 Å². The second-order valence-electron chi connectivity index (χ2n) is 5.41. The van der Waals surface area contributed by atoms with Crippen LogP contribution in [0.1, 0.15) is 0 Å². The number of nitrogens with zero attached hydrogens (tertiary/aromatic N) is 5. The minimum absolute atomic E-state index is 0.0850. The first-order chi connectivity index (χ1) is 11.1. The van der Waals surface area contributed by atoms with Crippen LogP contribution in [-0.2, 0) is 7.05 Å². The molecule has 2 heterocycles. The standard InChI is InChI=1S/C15H19N5O3/c1-17-11-16-14(20(21)22)15(17)19-9-7-18(8-10-19)12-5-3-4-6-13(12)23-2/h3-6,11H,7-10H2,1-2H3. The predicted octanol–water partition coefficient (Wildman–Crippen LogP) is 1.66. The largest absolute Gasteiger partial charge is 0.495 e. The van der Waals surface area contributed by atoms with Crippen molar-refractivity contribution in [2.75, 3.05) is 43.1 Å². The highest BCUT2D eigenvalue weighted by atomic mass is 16.6. The average molecular weight is 317 g/mol. The fraction of sp³-hybridized carbons (Fsp3) is 0.400. The predicted molar refractivity (Wildman–Crippen MR) is 87.3 cm³/mol. The number of hydrogen-bond acceptors (Lipinski definition) is 6. The molecule has 0 bridgehead atoms. The Balaban J connectivity index is 1.77. The number of hydrogen-bond donors (Lipinski definition) is 0. The van der Waals surface area contributed by atoms with Crippen molar-refractivity contribution >= 4 is 17.3 Å². The summed E-state index contributed by atoms with van der Waals surface area (Å²) >= 11 is 0. The summed E-state index contributed by atoms with van der Waals surface area (Å²) in [7, 11) is 3.44. The van der Waals surface area contributed by atoms with Crippen LogP contribution in [0, 0.1) is 10.1 Å². The number of piperazine rings is 1. The molecule has 1 aromatic carbocycles. The number of aromatic nitrogens is 2. The number of anilines is 2. The lowest BCUT2D eigenvalue weighted by Crippen LogP contribution is -2.47. The quantitative estimate of drug-likeness (QED) is 0.630. The Hall–Kier alpha value is -2.77. The minimum Gasteiger partial charge on any atom is -0.495 e. The second-order valence-corrected chi connectivity index (χ2v) is 5.41. The maximum absolute atomic E-state index is 11.1. The van der Waals surface area contributed by atoms with Crippen molar-refractivity contribution in [3.8, 4) is 5.75 Å². The van der Waals surface area contributed by atoms with E-state index in [0.717, 1.165) is 24.5 Å². The van der Waals surface area contributed by atoms with Crippen LogP contribution >= 0.6 is 0 Å². The van der Waals surface area contributed by atoms with Crippen molar-refractivity contribution in [3.05, 3.63) is 40.7 Å². The summed E-state index contributed by atoms with van der Waals surface area (Å²) in [4.78, 5) is 18.8. The molecule has 0 spiro atoms. The molecule has 1 aromatic heterocycles. The molecule has 0 saturated carbocycles. The van der Waals surface area contributed by atoms with Gasteiger partial charge < -0.3 is 24.7 Å². The summed E-state index contributed by atoms with van der Waals surface area (Å²) in [6.07, 6.45) is 1.49. The number of aryl methyl sites for hydroxylation is 1. The molecule has 8 nitrogen and oxygen atoms in total. The molecular weight excluding hydrogens is 298 g/mol. The Kier molecular flexibility index (Phi) is 4.05. The monoisotopic (exact) mass is 317 g/mol. The van der Waals surface area contributed by atoms with Gasteiger partial charge in [0.15, 0.2) is 0 Å².